The summed E-state index contributed by atoms with van der Waals surface area (Å²) in [6.45, 7) is 6.07. The Balaban J connectivity index is 1.86. The number of carbonyl (C=O) groups is 2. The van der Waals surface area contributed by atoms with Crippen molar-refractivity contribution in [2.45, 2.75) is 32.6 Å². The number of carbonyl (C=O) groups excluding carboxylic acids is 2. The predicted octanol–water partition coefficient (Wildman–Crippen LogP) is 3.80. The lowest BCUT2D eigenvalue weighted by Crippen LogP contribution is -2.35. The molecule has 2 N–H and O–H groups in total. The molecule has 4 nitrogen and oxygen atoms in total. The molecular formula is C18H23BrN2O2. The van der Waals surface area contributed by atoms with Gasteiger partial charge in [0.05, 0.1) is 0 Å². The fourth-order valence-electron chi connectivity index (χ4n) is 2.94. The number of hydrogen-bond donors (Lipinski definition) is 2. The van der Waals surface area contributed by atoms with Crippen LogP contribution in [0.3, 0.4) is 0 Å². The van der Waals surface area contributed by atoms with E-state index in [1.165, 1.54) is 0 Å². The van der Waals surface area contributed by atoms with Gasteiger partial charge in [-0.3, -0.25) is 9.59 Å². The zero-order valence-corrected chi connectivity index (χ0v) is 15.0. The molecule has 1 aliphatic rings. The molecule has 1 aliphatic carbocycles. The van der Waals surface area contributed by atoms with E-state index in [-0.39, 0.29) is 23.7 Å². The minimum absolute atomic E-state index is 0.0125. The van der Waals surface area contributed by atoms with Crippen LogP contribution >= 0.6 is 15.9 Å². The summed E-state index contributed by atoms with van der Waals surface area (Å²) in [5.41, 5.74) is 1.88. The van der Waals surface area contributed by atoms with Crippen LogP contribution in [-0.2, 0) is 9.59 Å². The molecule has 0 radical (unpaired) electrons. The van der Waals surface area contributed by atoms with E-state index in [0.29, 0.717) is 6.54 Å². The van der Waals surface area contributed by atoms with Crippen LogP contribution in [0.25, 0.3) is 0 Å². The first kappa shape index (κ1) is 17.7. The van der Waals surface area contributed by atoms with Crippen LogP contribution < -0.4 is 10.6 Å². The fourth-order valence-corrected chi connectivity index (χ4v) is 3.41. The number of amides is 2. The molecule has 23 heavy (non-hydrogen) atoms. The highest BCUT2D eigenvalue weighted by molar-refractivity contribution is 9.10. The molecule has 1 aromatic rings. The molecule has 0 heterocycles. The lowest BCUT2D eigenvalue weighted by molar-refractivity contribution is -0.128. The Kier molecular flexibility index (Phi) is 6.39. The van der Waals surface area contributed by atoms with Crippen molar-refractivity contribution in [3.05, 3.63) is 40.9 Å². The third-order valence-electron chi connectivity index (χ3n) is 4.34. The average Bonchev–Trinajstić information content (AvgIpc) is 2.55. The molecule has 124 valence electrons. The molecule has 5 heteroatoms. The van der Waals surface area contributed by atoms with Gasteiger partial charge in [0.2, 0.25) is 11.8 Å². The SMILES string of the molecule is C=CCNC(=O)C1CCC(C(=O)Nc2ccc(Br)cc2C)CC1. The van der Waals surface area contributed by atoms with Gasteiger partial charge in [0.1, 0.15) is 0 Å². The number of anilines is 1. The second-order valence-corrected chi connectivity index (χ2v) is 6.95. The maximum absolute atomic E-state index is 12.4. The third-order valence-corrected chi connectivity index (χ3v) is 4.83. The molecule has 1 fully saturated rings. The minimum Gasteiger partial charge on any atom is -0.352 e. The van der Waals surface area contributed by atoms with E-state index in [0.717, 1.165) is 41.4 Å². The topological polar surface area (TPSA) is 58.2 Å². The number of aryl methyl sites for hydroxylation is 1. The van der Waals surface area contributed by atoms with Crippen molar-refractivity contribution < 1.29 is 9.59 Å². The molecule has 2 amide bonds. The van der Waals surface area contributed by atoms with Crippen molar-refractivity contribution in [2.75, 3.05) is 11.9 Å². The summed E-state index contributed by atoms with van der Waals surface area (Å²) < 4.78 is 0.999. The molecule has 0 atom stereocenters. The number of halogens is 1. The highest BCUT2D eigenvalue weighted by Gasteiger charge is 2.29. The van der Waals surface area contributed by atoms with Gasteiger partial charge in [-0.05, 0) is 56.4 Å². The van der Waals surface area contributed by atoms with Gasteiger partial charge in [0.25, 0.3) is 0 Å². The van der Waals surface area contributed by atoms with E-state index in [1.807, 2.05) is 25.1 Å². The van der Waals surface area contributed by atoms with Gasteiger partial charge in [0, 0.05) is 28.5 Å². The Morgan fingerprint density at radius 3 is 2.39 bits per heavy atom. The van der Waals surface area contributed by atoms with E-state index in [9.17, 15) is 9.59 Å². The van der Waals surface area contributed by atoms with Crippen LogP contribution in [0.4, 0.5) is 5.69 Å². The third kappa shape index (κ3) is 4.93. The molecule has 0 bridgehead atoms. The Morgan fingerprint density at radius 1 is 1.22 bits per heavy atom. The molecular weight excluding hydrogens is 356 g/mol. The van der Waals surface area contributed by atoms with E-state index in [4.69, 9.17) is 0 Å². The summed E-state index contributed by atoms with van der Waals surface area (Å²) >= 11 is 3.42. The highest BCUT2D eigenvalue weighted by atomic mass is 79.9. The van der Waals surface area contributed by atoms with Gasteiger partial charge in [-0.2, -0.15) is 0 Å². The summed E-state index contributed by atoms with van der Waals surface area (Å²) in [6, 6.07) is 5.81. The van der Waals surface area contributed by atoms with Crippen LogP contribution in [-0.4, -0.2) is 18.4 Å². The lowest BCUT2D eigenvalue weighted by atomic mass is 9.81. The Hall–Kier alpha value is -1.62. The zero-order chi connectivity index (χ0) is 16.8. The summed E-state index contributed by atoms with van der Waals surface area (Å²) in [4.78, 5) is 24.4. The quantitative estimate of drug-likeness (QED) is 0.765. The zero-order valence-electron chi connectivity index (χ0n) is 13.4. The maximum Gasteiger partial charge on any atom is 0.227 e. The van der Waals surface area contributed by atoms with Crippen LogP contribution in [0.15, 0.2) is 35.3 Å². The minimum atomic E-state index is -0.0125. The van der Waals surface area contributed by atoms with Crippen molar-refractivity contribution in [3.63, 3.8) is 0 Å². The van der Waals surface area contributed by atoms with Crippen LogP contribution in [0, 0.1) is 18.8 Å². The van der Waals surface area contributed by atoms with Crippen LogP contribution in [0.2, 0.25) is 0 Å². The van der Waals surface area contributed by atoms with Crippen molar-refractivity contribution in [1.82, 2.24) is 5.32 Å². The van der Waals surface area contributed by atoms with E-state index >= 15 is 0 Å². The fraction of sp³-hybridized carbons (Fsp3) is 0.444. The average molecular weight is 379 g/mol. The number of nitrogens with one attached hydrogen (secondary N) is 2. The van der Waals surface area contributed by atoms with Crippen molar-refractivity contribution in [3.8, 4) is 0 Å². The molecule has 0 aliphatic heterocycles. The standard InChI is InChI=1S/C18H23BrN2O2/c1-3-10-20-17(22)13-4-6-14(7-5-13)18(23)21-16-9-8-15(19)11-12(16)2/h3,8-9,11,13-14H,1,4-7,10H2,2H3,(H,20,22)(H,21,23). The first-order valence-corrected chi connectivity index (χ1v) is 8.76. The monoisotopic (exact) mass is 378 g/mol. The van der Waals surface area contributed by atoms with E-state index < -0.39 is 0 Å². The largest absolute Gasteiger partial charge is 0.352 e. The van der Waals surface area contributed by atoms with Crippen LogP contribution in [0.1, 0.15) is 31.2 Å². The Labute approximate surface area is 145 Å². The highest BCUT2D eigenvalue weighted by Crippen LogP contribution is 2.30. The Morgan fingerprint density at radius 2 is 1.83 bits per heavy atom. The van der Waals surface area contributed by atoms with Gasteiger partial charge >= 0.3 is 0 Å². The maximum atomic E-state index is 12.4. The smallest absolute Gasteiger partial charge is 0.227 e. The summed E-state index contributed by atoms with van der Waals surface area (Å²) in [6.07, 6.45) is 4.72. The molecule has 0 spiro atoms. The molecule has 2 rings (SSSR count). The number of rotatable bonds is 5. The molecule has 0 aromatic heterocycles. The lowest BCUT2D eigenvalue weighted by Gasteiger charge is -2.27. The second kappa shape index (κ2) is 8.29. The van der Waals surface area contributed by atoms with Crippen molar-refractivity contribution in [1.29, 1.82) is 0 Å². The first-order valence-electron chi connectivity index (χ1n) is 7.97. The summed E-state index contributed by atoms with van der Waals surface area (Å²) in [5.74, 6) is 0.141. The second-order valence-electron chi connectivity index (χ2n) is 6.03. The van der Waals surface area contributed by atoms with Crippen molar-refractivity contribution in [2.24, 2.45) is 11.8 Å². The van der Waals surface area contributed by atoms with Crippen molar-refractivity contribution >= 4 is 33.4 Å². The number of benzene rings is 1. The van der Waals surface area contributed by atoms with E-state index in [2.05, 4.69) is 33.1 Å². The van der Waals surface area contributed by atoms with Gasteiger partial charge in [-0.15, -0.1) is 6.58 Å². The van der Waals surface area contributed by atoms with Gasteiger partial charge in [-0.25, -0.2) is 0 Å². The van der Waals surface area contributed by atoms with Crippen LogP contribution in [0.5, 0.6) is 0 Å². The predicted molar refractivity (Wildman–Crippen MR) is 96.2 cm³/mol. The molecule has 0 unspecified atom stereocenters. The normalized spacial score (nSPS) is 20.6. The number of hydrogen-bond acceptors (Lipinski definition) is 2. The molecule has 0 saturated heterocycles. The van der Waals surface area contributed by atoms with Gasteiger partial charge in [0.15, 0.2) is 0 Å². The van der Waals surface area contributed by atoms with E-state index in [1.54, 1.807) is 6.08 Å². The first-order chi connectivity index (χ1) is 11.0. The molecule has 1 saturated carbocycles. The summed E-state index contributed by atoms with van der Waals surface area (Å²) in [5, 5.41) is 5.85. The Bertz CT molecular complexity index is 593. The molecule has 1 aromatic carbocycles. The van der Waals surface area contributed by atoms with Gasteiger partial charge < -0.3 is 10.6 Å². The summed E-state index contributed by atoms with van der Waals surface area (Å²) in [7, 11) is 0. The van der Waals surface area contributed by atoms with Gasteiger partial charge in [-0.1, -0.05) is 22.0 Å².